The summed E-state index contributed by atoms with van der Waals surface area (Å²) in [6.45, 7) is 10.9. The van der Waals surface area contributed by atoms with E-state index in [9.17, 15) is 18.8 Å². The molecule has 0 spiro atoms. The second kappa shape index (κ2) is 16.5. The molecule has 0 unspecified atom stereocenters. The van der Waals surface area contributed by atoms with Crippen molar-refractivity contribution in [2.24, 2.45) is 0 Å². The molecule has 0 bridgehead atoms. The molecule has 0 radical (unpaired) electrons. The van der Waals surface area contributed by atoms with Gasteiger partial charge in [-0.15, -0.1) is 0 Å². The molecule has 0 N–H and O–H groups in total. The topological polar surface area (TPSA) is 79.4 Å². The summed E-state index contributed by atoms with van der Waals surface area (Å²) in [5, 5.41) is 0. The number of rotatable bonds is 14. The van der Waals surface area contributed by atoms with Crippen molar-refractivity contribution >= 4 is 23.5 Å². The highest BCUT2D eigenvalue weighted by atomic mass is 19.1. The zero-order chi connectivity index (χ0) is 36.7. The van der Waals surface area contributed by atoms with Crippen LogP contribution >= 0.6 is 0 Å². The van der Waals surface area contributed by atoms with Gasteiger partial charge in [-0.25, -0.2) is 4.39 Å². The number of nitrogens with zero attached hydrogens (tertiary/aromatic N) is 3. The standard InChI is InChI=1S/C43H48FN3O5/c1-43(2,3)52-40(48)19-13-32-28-31(29-33(30-32)20-21-47-41(49)37-9-5-6-10-38(37)42(47)50)12-14-34-8-4-7-11-39(34)51-27-26-45-22-24-46(25-23-45)36-17-15-35(44)16-18-36/h4-11,15-18,28-30H,12-14,19-27H2,1-3H3. The van der Waals surface area contributed by atoms with Gasteiger partial charge in [0.25, 0.3) is 11.8 Å². The lowest BCUT2D eigenvalue weighted by Crippen LogP contribution is -2.47. The number of aryl methyl sites for hydroxylation is 3. The maximum absolute atomic E-state index is 13.3. The van der Waals surface area contributed by atoms with Gasteiger partial charge in [-0.1, -0.05) is 48.5 Å². The summed E-state index contributed by atoms with van der Waals surface area (Å²) in [4.78, 5) is 44.6. The number of carbonyl (C=O) groups excluding carboxylic acids is 3. The SMILES string of the molecule is CC(C)(C)OC(=O)CCc1cc(CCc2ccccc2OCCN2CCN(c3ccc(F)cc3)CC2)cc(CCN2C(=O)c3ccccc3C2=O)c1. The third-order valence-electron chi connectivity index (χ3n) is 9.54. The summed E-state index contributed by atoms with van der Waals surface area (Å²) in [6, 6.07) is 28.2. The number of hydrogen-bond acceptors (Lipinski definition) is 7. The van der Waals surface area contributed by atoms with Gasteiger partial charge >= 0.3 is 5.97 Å². The Balaban J connectivity index is 1.07. The molecule has 52 heavy (non-hydrogen) atoms. The normalized spacial score (nSPS) is 14.8. The molecular weight excluding hydrogens is 657 g/mol. The predicted molar refractivity (Wildman–Crippen MR) is 201 cm³/mol. The Labute approximate surface area is 306 Å². The second-order valence-corrected chi connectivity index (χ2v) is 14.6. The van der Waals surface area contributed by atoms with Crippen molar-refractivity contribution in [2.75, 3.05) is 50.8 Å². The molecule has 2 aliphatic rings. The Morgan fingerprint density at radius 3 is 1.96 bits per heavy atom. The number of imide groups is 1. The van der Waals surface area contributed by atoms with Crippen LogP contribution in [0.2, 0.25) is 0 Å². The molecule has 6 rings (SSSR count). The third kappa shape index (κ3) is 9.64. The van der Waals surface area contributed by atoms with E-state index in [0.29, 0.717) is 30.6 Å². The molecule has 4 aromatic rings. The average molecular weight is 706 g/mol. The monoisotopic (exact) mass is 705 g/mol. The number of para-hydroxylation sites is 1. The molecule has 1 fully saturated rings. The average Bonchev–Trinajstić information content (AvgIpc) is 3.37. The Kier molecular flexibility index (Phi) is 11.7. The Bertz CT molecular complexity index is 1840. The van der Waals surface area contributed by atoms with Gasteiger partial charge in [-0.2, -0.15) is 0 Å². The quantitative estimate of drug-likeness (QED) is 0.104. The van der Waals surface area contributed by atoms with Crippen LogP contribution in [0.1, 0.15) is 70.2 Å². The lowest BCUT2D eigenvalue weighted by atomic mass is 9.96. The molecule has 272 valence electrons. The zero-order valence-corrected chi connectivity index (χ0v) is 30.4. The number of halogens is 1. The summed E-state index contributed by atoms with van der Waals surface area (Å²) in [5.41, 5.74) is 5.67. The molecular formula is C43H48FN3O5. The van der Waals surface area contributed by atoms with Crippen LogP contribution in [0.5, 0.6) is 5.75 Å². The summed E-state index contributed by atoms with van der Waals surface area (Å²) in [6.07, 6.45) is 2.82. The molecule has 2 aliphatic heterocycles. The zero-order valence-electron chi connectivity index (χ0n) is 30.4. The predicted octanol–water partition coefficient (Wildman–Crippen LogP) is 6.92. The van der Waals surface area contributed by atoms with Gasteiger partial charge in [0.05, 0.1) is 11.1 Å². The van der Waals surface area contributed by atoms with E-state index < -0.39 is 5.60 Å². The first-order valence-corrected chi connectivity index (χ1v) is 18.2. The molecule has 1 saturated heterocycles. The van der Waals surface area contributed by atoms with Crippen molar-refractivity contribution in [1.82, 2.24) is 9.80 Å². The number of carbonyl (C=O) groups is 3. The van der Waals surface area contributed by atoms with Gasteiger partial charge in [0, 0.05) is 51.4 Å². The van der Waals surface area contributed by atoms with E-state index in [1.807, 2.05) is 51.1 Å². The van der Waals surface area contributed by atoms with E-state index in [0.717, 1.165) is 79.3 Å². The smallest absolute Gasteiger partial charge is 0.306 e. The van der Waals surface area contributed by atoms with E-state index >= 15 is 0 Å². The number of anilines is 1. The van der Waals surface area contributed by atoms with E-state index in [1.165, 1.54) is 17.0 Å². The van der Waals surface area contributed by atoms with E-state index in [2.05, 4.69) is 34.1 Å². The molecule has 0 aliphatic carbocycles. The van der Waals surface area contributed by atoms with Gasteiger partial charge < -0.3 is 14.4 Å². The largest absolute Gasteiger partial charge is 0.492 e. The number of piperazine rings is 1. The molecule has 0 atom stereocenters. The molecule has 4 aromatic carbocycles. The first kappa shape index (κ1) is 36.8. The highest BCUT2D eigenvalue weighted by Crippen LogP contribution is 2.25. The van der Waals surface area contributed by atoms with Crippen molar-refractivity contribution in [3.63, 3.8) is 0 Å². The molecule has 2 amide bonds. The van der Waals surface area contributed by atoms with Gasteiger partial charge in [0.15, 0.2) is 0 Å². The van der Waals surface area contributed by atoms with Crippen molar-refractivity contribution < 1.29 is 28.2 Å². The molecule has 9 heteroatoms. The lowest BCUT2D eigenvalue weighted by Gasteiger charge is -2.36. The van der Waals surface area contributed by atoms with E-state index in [1.54, 1.807) is 24.3 Å². The minimum Gasteiger partial charge on any atom is -0.492 e. The Morgan fingerprint density at radius 2 is 1.31 bits per heavy atom. The number of hydrogen-bond donors (Lipinski definition) is 0. The van der Waals surface area contributed by atoms with Crippen LogP contribution in [0.25, 0.3) is 0 Å². The number of amides is 2. The summed E-state index contributed by atoms with van der Waals surface area (Å²) in [5.74, 6) is -0.104. The van der Waals surface area contributed by atoms with Gasteiger partial charge in [-0.3, -0.25) is 24.2 Å². The Morgan fingerprint density at radius 1 is 0.712 bits per heavy atom. The van der Waals surface area contributed by atoms with Crippen LogP contribution in [0.3, 0.4) is 0 Å². The minimum absolute atomic E-state index is 0.217. The fourth-order valence-electron chi connectivity index (χ4n) is 6.89. The van der Waals surface area contributed by atoms with Crippen molar-refractivity contribution in [3.05, 3.63) is 130 Å². The fourth-order valence-corrected chi connectivity index (χ4v) is 6.89. The van der Waals surface area contributed by atoms with Gasteiger partial charge in [0.1, 0.15) is 23.8 Å². The maximum atomic E-state index is 13.3. The highest BCUT2D eigenvalue weighted by Gasteiger charge is 2.34. The summed E-state index contributed by atoms with van der Waals surface area (Å²) >= 11 is 0. The molecule has 0 saturated carbocycles. The third-order valence-corrected chi connectivity index (χ3v) is 9.54. The van der Waals surface area contributed by atoms with Crippen molar-refractivity contribution in [3.8, 4) is 5.75 Å². The van der Waals surface area contributed by atoms with Gasteiger partial charge in [0.2, 0.25) is 0 Å². The maximum Gasteiger partial charge on any atom is 0.306 e. The molecule has 2 heterocycles. The van der Waals surface area contributed by atoms with Crippen LogP contribution in [0.4, 0.5) is 10.1 Å². The van der Waals surface area contributed by atoms with Crippen LogP contribution in [0.15, 0.2) is 91.0 Å². The van der Waals surface area contributed by atoms with E-state index in [-0.39, 0.29) is 36.6 Å². The molecule has 0 aromatic heterocycles. The lowest BCUT2D eigenvalue weighted by molar-refractivity contribution is -0.154. The van der Waals surface area contributed by atoms with Crippen LogP contribution in [-0.2, 0) is 35.2 Å². The molecule has 8 nitrogen and oxygen atoms in total. The van der Waals surface area contributed by atoms with Crippen molar-refractivity contribution in [2.45, 2.75) is 58.5 Å². The number of esters is 1. The van der Waals surface area contributed by atoms with Crippen molar-refractivity contribution in [1.29, 1.82) is 0 Å². The first-order chi connectivity index (χ1) is 25.0. The van der Waals surface area contributed by atoms with Crippen LogP contribution < -0.4 is 9.64 Å². The summed E-state index contributed by atoms with van der Waals surface area (Å²) < 4.78 is 25.2. The van der Waals surface area contributed by atoms with Gasteiger partial charge in [-0.05, 0) is 111 Å². The van der Waals surface area contributed by atoms with E-state index in [4.69, 9.17) is 9.47 Å². The first-order valence-electron chi connectivity index (χ1n) is 18.2. The van der Waals surface area contributed by atoms with Crippen LogP contribution in [-0.4, -0.2) is 79.1 Å². The fraction of sp³-hybridized carbons (Fsp3) is 0.372. The number of benzene rings is 4. The minimum atomic E-state index is -0.549. The highest BCUT2D eigenvalue weighted by molar-refractivity contribution is 6.21. The number of fused-ring (bicyclic) bond motifs is 1. The van der Waals surface area contributed by atoms with Crippen LogP contribution in [0, 0.1) is 5.82 Å². The summed E-state index contributed by atoms with van der Waals surface area (Å²) in [7, 11) is 0. The second-order valence-electron chi connectivity index (χ2n) is 14.6. The number of ether oxygens (including phenoxy) is 2. The Hall–Kier alpha value is -5.02.